The minimum absolute atomic E-state index is 0.0837. The molecule has 0 aliphatic carbocycles. The average Bonchev–Trinajstić information content (AvgIpc) is 3.05. The van der Waals surface area contributed by atoms with Crippen LogP contribution >= 0.6 is 0 Å². The summed E-state index contributed by atoms with van der Waals surface area (Å²) >= 11 is 0. The van der Waals surface area contributed by atoms with E-state index >= 15 is 0 Å². The number of rotatable bonds is 4. The molecule has 3 heterocycles. The maximum absolute atomic E-state index is 13.7. The van der Waals surface area contributed by atoms with E-state index < -0.39 is 0 Å². The van der Waals surface area contributed by atoms with E-state index in [2.05, 4.69) is 28.9 Å². The summed E-state index contributed by atoms with van der Waals surface area (Å²) in [6.45, 7) is 8.54. The number of hydrogen-bond donors (Lipinski definition) is 0. The topological polar surface area (TPSA) is 66.7 Å². The zero-order valence-electron chi connectivity index (χ0n) is 18.9. The lowest BCUT2D eigenvalue weighted by Gasteiger charge is -2.42. The molecule has 2 amide bonds. The van der Waals surface area contributed by atoms with Crippen LogP contribution in [0.3, 0.4) is 0 Å². The number of piperidine rings is 1. The summed E-state index contributed by atoms with van der Waals surface area (Å²) in [6.07, 6.45) is 4.74. The van der Waals surface area contributed by atoms with Crippen LogP contribution in [0.1, 0.15) is 66.7 Å². The molecule has 2 aliphatic rings. The van der Waals surface area contributed by atoms with Gasteiger partial charge in [0.05, 0.1) is 5.69 Å². The van der Waals surface area contributed by atoms with Crippen LogP contribution < -0.4 is 0 Å². The number of carbonyl (C=O) groups is 2. The maximum atomic E-state index is 13.7. The summed E-state index contributed by atoms with van der Waals surface area (Å²) in [5, 5.41) is 0. The molecule has 0 N–H and O–H groups in total. The van der Waals surface area contributed by atoms with Crippen molar-refractivity contribution in [3.63, 3.8) is 0 Å². The Balaban J connectivity index is 1.44. The largest absolute Gasteiger partial charge is 0.436 e. The molecule has 31 heavy (non-hydrogen) atoms. The fourth-order valence-corrected chi connectivity index (χ4v) is 5.29. The first-order valence-electron chi connectivity index (χ1n) is 11.4. The van der Waals surface area contributed by atoms with E-state index in [0.717, 1.165) is 38.6 Å². The first kappa shape index (κ1) is 21.6. The predicted octanol–water partition coefficient (Wildman–Crippen LogP) is 4.36. The maximum Gasteiger partial charge on any atom is 0.291 e. The standard InChI is InChI=1S/C25H33N3O3/c1-18-22(31-19(2)26-18)23(29)27-15-11-21(12-16-27)25(3)13-7-8-14-28(24(25)30)17-20-9-5-4-6-10-20/h4-6,9-10,21H,7-8,11-17H2,1-3H3/t25-/m1/s1. The van der Waals surface area contributed by atoms with Crippen molar-refractivity contribution >= 4 is 11.8 Å². The molecule has 0 spiro atoms. The second-order valence-corrected chi connectivity index (χ2v) is 9.30. The van der Waals surface area contributed by atoms with Gasteiger partial charge in [0.15, 0.2) is 5.89 Å². The Morgan fingerprint density at radius 3 is 2.48 bits per heavy atom. The van der Waals surface area contributed by atoms with Crippen LogP contribution in [-0.4, -0.2) is 46.2 Å². The van der Waals surface area contributed by atoms with Gasteiger partial charge in [-0.05, 0) is 44.1 Å². The second-order valence-electron chi connectivity index (χ2n) is 9.30. The highest BCUT2D eigenvalue weighted by molar-refractivity contribution is 5.92. The van der Waals surface area contributed by atoms with Crippen molar-refractivity contribution in [1.29, 1.82) is 0 Å². The highest BCUT2D eigenvalue weighted by Gasteiger charge is 2.45. The molecule has 2 fully saturated rings. The van der Waals surface area contributed by atoms with Gasteiger partial charge in [0.2, 0.25) is 11.7 Å². The number of aryl methyl sites for hydroxylation is 2. The molecule has 4 rings (SSSR count). The molecule has 6 heteroatoms. The van der Waals surface area contributed by atoms with Gasteiger partial charge in [-0.25, -0.2) is 4.98 Å². The molecule has 166 valence electrons. The first-order valence-corrected chi connectivity index (χ1v) is 11.4. The van der Waals surface area contributed by atoms with Crippen molar-refractivity contribution in [1.82, 2.24) is 14.8 Å². The quantitative estimate of drug-likeness (QED) is 0.733. The monoisotopic (exact) mass is 423 g/mol. The molecule has 0 saturated carbocycles. The van der Waals surface area contributed by atoms with E-state index in [1.165, 1.54) is 5.56 Å². The van der Waals surface area contributed by atoms with E-state index in [9.17, 15) is 9.59 Å². The van der Waals surface area contributed by atoms with Crippen molar-refractivity contribution < 1.29 is 14.0 Å². The summed E-state index contributed by atoms with van der Waals surface area (Å²) in [7, 11) is 0. The Bertz CT molecular complexity index is 931. The third-order valence-electron chi connectivity index (χ3n) is 7.15. The number of hydrogen-bond acceptors (Lipinski definition) is 4. The van der Waals surface area contributed by atoms with Crippen LogP contribution in [0.2, 0.25) is 0 Å². The number of oxazole rings is 1. The number of carbonyl (C=O) groups excluding carboxylic acids is 2. The zero-order valence-corrected chi connectivity index (χ0v) is 18.9. The Morgan fingerprint density at radius 1 is 1.13 bits per heavy atom. The molecular weight excluding hydrogens is 390 g/mol. The lowest BCUT2D eigenvalue weighted by Crippen LogP contribution is -2.49. The van der Waals surface area contributed by atoms with Crippen molar-refractivity contribution in [3.05, 3.63) is 53.2 Å². The third kappa shape index (κ3) is 4.39. The normalized spacial score (nSPS) is 23.1. The van der Waals surface area contributed by atoms with E-state index in [1.807, 2.05) is 30.0 Å². The van der Waals surface area contributed by atoms with Crippen molar-refractivity contribution in [2.24, 2.45) is 11.3 Å². The van der Waals surface area contributed by atoms with Crippen LogP contribution in [0.25, 0.3) is 0 Å². The van der Waals surface area contributed by atoms with E-state index in [0.29, 0.717) is 37.0 Å². The molecule has 1 aromatic carbocycles. The van der Waals surface area contributed by atoms with E-state index in [-0.39, 0.29) is 23.1 Å². The van der Waals surface area contributed by atoms with Crippen LogP contribution in [-0.2, 0) is 11.3 Å². The van der Waals surface area contributed by atoms with Gasteiger partial charge >= 0.3 is 0 Å². The average molecular weight is 424 g/mol. The molecule has 2 saturated heterocycles. The molecule has 2 aromatic rings. The molecular formula is C25H33N3O3. The second kappa shape index (κ2) is 8.85. The van der Waals surface area contributed by atoms with Crippen LogP contribution in [0, 0.1) is 25.2 Å². The summed E-state index contributed by atoms with van der Waals surface area (Å²) in [6, 6.07) is 10.2. The van der Waals surface area contributed by atoms with Gasteiger partial charge in [0, 0.05) is 38.5 Å². The van der Waals surface area contributed by atoms with Gasteiger partial charge in [-0.3, -0.25) is 9.59 Å². The molecule has 6 nitrogen and oxygen atoms in total. The minimum atomic E-state index is -0.362. The summed E-state index contributed by atoms with van der Waals surface area (Å²) in [5.41, 5.74) is 1.46. The van der Waals surface area contributed by atoms with Gasteiger partial charge < -0.3 is 14.2 Å². The van der Waals surface area contributed by atoms with Gasteiger partial charge in [-0.1, -0.05) is 43.7 Å². The SMILES string of the molecule is Cc1nc(C)c(C(=O)N2CCC([C@@]3(C)CCCCN(Cc4ccccc4)C3=O)CC2)o1. The minimum Gasteiger partial charge on any atom is -0.436 e. The number of nitrogens with zero attached hydrogens (tertiary/aromatic N) is 3. The Hall–Kier alpha value is -2.63. The number of benzene rings is 1. The first-order chi connectivity index (χ1) is 14.9. The summed E-state index contributed by atoms with van der Waals surface area (Å²) in [5.74, 6) is 1.35. The van der Waals surface area contributed by atoms with Crippen LogP contribution in [0.5, 0.6) is 0 Å². The number of likely N-dealkylation sites (tertiary alicyclic amines) is 2. The van der Waals surface area contributed by atoms with Gasteiger partial charge in [0.1, 0.15) is 0 Å². The van der Waals surface area contributed by atoms with Gasteiger partial charge in [-0.15, -0.1) is 0 Å². The highest BCUT2D eigenvalue weighted by atomic mass is 16.4. The summed E-state index contributed by atoms with van der Waals surface area (Å²) in [4.78, 5) is 34.7. The number of aromatic nitrogens is 1. The molecule has 2 aliphatic heterocycles. The smallest absolute Gasteiger partial charge is 0.291 e. The lowest BCUT2D eigenvalue weighted by atomic mass is 9.69. The van der Waals surface area contributed by atoms with Crippen molar-refractivity contribution in [2.75, 3.05) is 19.6 Å². The van der Waals surface area contributed by atoms with Crippen LogP contribution in [0.4, 0.5) is 0 Å². The lowest BCUT2D eigenvalue weighted by molar-refractivity contribution is -0.145. The molecule has 0 radical (unpaired) electrons. The zero-order chi connectivity index (χ0) is 22.0. The van der Waals surface area contributed by atoms with Gasteiger partial charge in [0.25, 0.3) is 5.91 Å². The van der Waals surface area contributed by atoms with Gasteiger partial charge in [-0.2, -0.15) is 0 Å². The van der Waals surface area contributed by atoms with Crippen LogP contribution in [0.15, 0.2) is 34.7 Å². The predicted molar refractivity (Wildman–Crippen MR) is 118 cm³/mol. The third-order valence-corrected chi connectivity index (χ3v) is 7.15. The molecule has 1 aromatic heterocycles. The summed E-state index contributed by atoms with van der Waals surface area (Å²) < 4.78 is 5.53. The number of amides is 2. The van der Waals surface area contributed by atoms with Crippen molar-refractivity contribution in [2.45, 2.75) is 59.4 Å². The molecule has 0 bridgehead atoms. The Morgan fingerprint density at radius 2 is 1.84 bits per heavy atom. The Kier molecular flexibility index (Phi) is 6.17. The van der Waals surface area contributed by atoms with Crippen molar-refractivity contribution in [3.8, 4) is 0 Å². The molecule has 1 atom stereocenters. The van der Waals surface area contributed by atoms with E-state index in [1.54, 1.807) is 6.92 Å². The highest BCUT2D eigenvalue weighted by Crippen LogP contribution is 2.43. The fourth-order valence-electron chi connectivity index (χ4n) is 5.29. The van der Waals surface area contributed by atoms with E-state index in [4.69, 9.17) is 4.42 Å². The fraction of sp³-hybridized carbons (Fsp3) is 0.560. The molecule has 0 unspecified atom stereocenters. The Labute approximate surface area is 184 Å².